The van der Waals surface area contributed by atoms with Crippen LogP contribution in [0.3, 0.4) is 0 Å². The van der Waals surface area contributed by atoms with E-state index in [1.807, 2.05) is 31.3 Å². The molecule has 0 amide bonds. The van der Waals surface area contributed by atoms with Gasteiger partial charge in [0.15, 0.2) is 28.8 Å². The maximum Gasteiger partial charge on any atom is 0.183 e. The second kappa shape index (κ2) is 43.6. The summed E-state index contributed by atoms with van der Waals surface area (Å²) < 4.78 is 14.0. The fourth-order valence-electron chi connectivity index (χ4n) is 5.96. The second-order valence-corrected chi connectivity index (χ2v) is 149. The Morgan fingerprint density at radius 1 is 0.493 bits per heavy atom. The van der Waals surface area contributed by atoms with Gasteiger partial charge < -0.3 is 9.47 Å². The third kappa shape index (κ3) is 27.3. The normalized spacial score (nSPS) is 12.9. The zero-order chi connectivity index (χ0) is 56.3. The number of ketones is 2. The van der Waals surface area contributed by atoms with Gasteiger partial charge in [0.05, 0.1) is 14.2 Å². The van der Waals surface area contributed by atoms with Crippen LogP contribution in [0, 0.1) is 0 Å². The number of aromatic nitrogens is 4. The Balaban J connectivity index is 0.000000487. The topological polar surface area (TPSA) is 88.2 Å². The van der Waals surface area contributed by atoms with E-state index < -0.39 is 0 Å². The first-order chi connectivity index (χ1) is 34.0. The summed E-state index contributed by atoms with van der Waals surface area (Å²) in [6, 6.07) is 16.4. The highest BCUT2D eigenvalue weighted by molar-refractivity contribution is 9.34. The van der Waals surface area contributed by atoms with Crippen molar-refractivity contribution in [1.29, 1.82) is 0 Å². The molecule has 2 aromatic carbocycles. The molecule has 0 saturated heterocycles. The largest absolute Gasteiger partial charge is 0.492 e. The molecule has 0 N–H and O–H groups in total. The molecule has 8 nitrogen and oxygen atoms in total. The van der Waals surface area contributed by atoms with Gasteiger partial charge in [-0.1, -0.05) is 70.3 Å². The minimum atomic E-state index is -0.0936. The van der Waals surface area contributed by atoms with Gasteiger partial charge in [-0.25, -0.2) is 0 Å². The third-order valence-corrected chi connectivity index (χ3v) is 220. The predicted octanol–water partition coefficient (Wildman–Crippen LogP) is 25.4. The summed E-state index contributed by atoms with van der Waals surface area (Å²) >= 11 is 0. The van der Waals surface area contributed by atoms with E-state index in [0.717, 1.165) is 37.6 Å². The van der Waals surface area contributed by atoms with Crippen LogP contribution in [0.1, 0.15) is 59.8 Å². The van der Waals surface area contributed by atoms with Crippen molar-refractivity contribution < 1.29 is 19.1 Å². The van der Waals surface area contributed by atoms with Crippen molar-refractivity contribution in [3.05, 3.63) is 71.0 Å². The monoisotopic (exact) mass is 1640 g/mol. The summed E-state index contributed by atoms with van der Waals surface area (Å²) in [6.07, 6.45) is 2.00. The molecule has 4 rings (SSSR count). The molecule has 0 saturated carbocycles. The molecule has 0 aliphatic heterocycles. The Bertz CT molecular complexity index is 2200. The lowest BCUT2D eigenvalue weighted by Crippen LogP contribution is -2.04. The van der Waals surface area contributed by atoms with Crippen LogP contribution in [-0.4, -0.2) is 45.3 Å². The number of carbonyl (C=O) groups is 2. The quantitative estimate of drug-likeness (QED) is 0.0575. The number of aryl methyl sites for hydroxylation is 4. The molecule has 414 valence electrons. The highest BCUT2D eigenvalue weighted by Crippen LogP contribution is 3.28. The molecule has 4 aromatic rings. The number of methoxy groups -OCH3 is 2. The van der Waals surface area contributed by atoms with E-state index in [0.29, 0.717) is 28.6 Å². The summed E-state index contributed by atoms with van der Waals surface area (Å²) in [5.74, 6) is 0.936. The van der Waals surface area contributed by atoms with E-state index in [9.17, 15) is 9.59 Å². The SMILES string of the molecule is CCc1ccc(-c2c(OC)c(C(C)=O)nn2C)cc1.CCc1ccc(-c2nn(C)c(C(C)=O)c2OC)cc1.PP(P)P(P(P)P)P(P(P)P)P(P(P)P)P(P)P.PPP(P(P)P)P(P(P)P)P(P(P)P)P(P)P. The van der Waals surface area contributed by atoms with E-state index in [-0.39, 0.29) is 116 Å². The summed E-state index contributed by atoms with van der Waals surface area (Å²) in [5, 5.41) is 8.64. The standard InChI is InChI=1S/2C15H18N2O2.H20P18.H19P17/c1-5-11-6-8-12(9-7-11)13-15(19-4)14(10(2)18)17(3)16-13;1-5-11-6-8-12(9-7-11)14-15(19-4)13(10(2)18)16-17(14)3;1-11(2)16(12(3)4)18(15(9)10)17(13(5)6)14(7)8;1-10-15(11(2)3)17(14(8)9)16(12(4)5)13(6)7/h2*6-9H,5H2,1-4H3;1-10H2;10H,1-9H2. The minimum absolute atomic E-state index is 0.0415. The van der Waals surface area contributed by atoms with Crippen molar-refractivity contribution in [1.82, 2.24) is 19.6 Å². The number of benzene rings is 2. The second-order valence-electron chi connectivity index (χ2n) is 14.1. The number of Topliss-reactive ketones (excluding diaryl/α,β-unsaturated/α-hetero) is 2. The van der Waals surface area contributed by atoms with E-state index in [4.69, 9.17) is 9.47 Å². The lowest BCUT2D eigenvalue weighted by molar-refractivity contribution is 0.0994. The maximum absolute atomic E-state index is 11.7. The molecule has 0 fully saturated rings. The first kappa shape index (κ1) is 81.9. The number of rotatable bonds is 22. The number of hydrogen-bond acceptors (Lipinski definition) is 6. The Morgan fingerprint density at radius 2 is 0.849 bits per heavy atom. The molecule has 0 spiro atoms. The molecule has 0 radical (unpaired) electrons. The molecule has 73 heavy (non-hydrogen) atoms. The predicted molar refractivity (Wildman–Crippen MR) is 446 cm³/mol. The Hall–Kier alpha value is 10.8. The van der Waals surface area contributed by atoms with Crippen LogP contribution in [-0.2, 0) is 26.9 Å². The van der Waals surface area contributed by atoms with Crippen LogP contribution in [0.5, 0.6) is 11.5 Å². The van der Waals surface area contributed by atoms with Gasteiger partial charge in [-0.3, -0.25) is 19.0 Å². The molecule has 43 heteroatoms. The van der Waals surface area contributed by atoms with Crippen LogP contribution in [0.25, 0.3) is 22.5 Å². The van der Waals surface area contributed by atoms with Crippen LogP contribution < -0.4 is 9.47 Å². The van der Waals surface area contributed by atoms with Crippen molar-refractivity contribution in [2.45, 2.75) is 40.5 Å². The van der Waals surface area contributed by atoms with Gasteiger partial charge in [-0.15, -0.1) is 170 Å². The third-order valence-electron chi connectivity index (χ3n) is 8.99. The highest BCUT2D eigenvalue weighted by atomic mass is 33.4. The molecular formula is C30H75N4O4P35. The van der Waals surface area contributed by atoms with Crippen LogP contribution in [0.4, 0.5) is 0 Å². The zero-order valence-electron chi connectivity index (χ0n) is 41.6. The number of ether oxygens (including phenoxy) is 2. The van der Waals surface area contributed by atoms with Crippen molar-refractivity contribution in [3.8, 4) is 34.0 Å². The lowest BCUT2D eigenvalue weighted by atomic mass is 10.1. The molecular weight excluding hydrogens is 1560 g/mol. The van der Waals surface area contributed by atoms with Crippen molar-refractivity contribution in [2.24, 2.45) is 14.1 Å². The van der Waals surface area contributed by atoms with Gasteiger partial charge in [0.2, 0.25) is 0 Å². The number of nitrogens with zero attached hydrogens (tertiary/aromatic N) is 4. The Labute approximate surface area is 501 Å². The van der Waals surface area contributed by atoms with Crippen molar-refractivity contribution in [2.75, 3.05) is 14.2 Å². The maximum atomic E-state index is 11.7. The first-order valence-electron chi connectivity index (χ1n) is 20.3. The van der Waals surface area contributed by atoms with Crippen molar-refractivity contribution >= 4 is 294 Å². The number of hydrogen-bond donors (Lipinski definition) is 0. The van der Waals surface area contributed by atoms with Gasteiger partial charge >= 0.3 is 0 Å². The van der Waals surface area contributed by atoms with E-state index in [1.165, 1.54) is 25.0 Å². The molecule has 22 atom stereocenters. The van der Waals surface area contributed by atoms with E-state index >= 15 is 0 Å². The minimum Gasteiger partial charge on any atom is -0.492 e. The van der Waals surface area contributed by atoms with E-state index in [2.05, 4.69) is 218 Å². The Kier molecular flexibility index (Phi) is 48.9. The number of carbonyl (C=O) groups excluding carboxylic acids is 2. The summed E-state index contributed by atoms with van der Waals surface area (Å²) in [7, 11) is 66.9. The molecule has 0 bridgehead atoms. The molecule has 0 aliphatic rings. The van der Waals surface area contributed by atoms with Gasteiger partial charge in [-0.05, 0) is 129 Å². The average molecular weight is 1640 g/mol. The van der Waals surface area contributed by atoms with Crippen LogP contribution in [0.2, 0.25) is 0 Å². The van der Waals surface area contributed by atoms with Gasteiger partial charge in [-0.2, -0.15) is 10.2 Å². The highest BCUT2D eigenvalue weighted by Gasteiger charge is 2.40. The summed E-state index contributed by atoms with van der Waals surface area (Å²) in [4.78, 5) is 23.2. The van der Waals surface area contributed by atoms with Gasteiger partial charge in [0.25, 0.3) is 0 Å². The van der Waals surface area contributed by atoms with Gasteiger partial charge in [0.1, 0.15) is 17.1 Å². The fraction of sp³-hybridized carbons (Fsp3) is 0.333. The summed E-state index contributed by atoms with van der Waals surface area (Å²) in [5.41, 5.74) is 6.90. The first-order valence-corrected chi connectivity index (χ1v) is 82.4. The van der Waals surface area contributed by atoms with Crippen LogP contribution >= 0.6 is 282 Å². The van der Waals surface area contributed by atoms with Crippen molar-refractivity contribution in [3.63, 3.8) is 0 Å². The fourth-order valence-corrected chi connectivity index (χ4v) is 404. The molecule has 22 unspecified atom stereocenters. The molecule has 2 heterocycles. The molecule has 0 aliphatic carbocycles. The zero-order valence-corrected chi connectivity index (χ0v) is 78.0. The van der Waals surface area contributed by atoms with E-state index in [1.54, 1.807) is 30.6 Å². The van der Waals surface area contributed by atoms with Gasteiger partial charge in [0, 0.05) is 39.1 Å². The Morgan fingerprint density at radius 3 is 1.14 bits per heavy atom. The average Bonchev–Trinajstić information content (AvgIpc) is 3.84. The lowest BCUT2D eigenvalue weighted by Gasteiger charge is -2.43. The smallest absolute Gasteiger partial charge is 0.183 e. The summed E-state index contributed by atoms with van der Waals surface area (Å²) in [6.45, 7) is 8.86. The van der Waals surface area contributed by atoms with Crippen LogP contribution in [0.15, 0.2) is 48.5 Å². The molecule has 2 aromatic heterocycles.